The fraction of sp³-hybridized carbons (Fsp3) is 0.333. The lowest BCUT2D eigenvalue weighted by Gasteiger charge is -2.31. The molecule has 0 aromatic carbocycles. The maximum atomic E-state index is 12.2. The summed E-state index contributed by atoms with van der Waals surface area (Å²) in [4.78, 5) is 26.0. The summed E-state index contributed by atoms with van der Waals surface area (Å²) >= 11 is 0. The molecule has 0 aliphatic carbocycles. The number of hydrogen-bond donors (Lipinski definition) is 0. The lowest BCUT2D eigenvalue weighted by molar-refractivity contribution is 0.0589. The maximum absolute atomic E-state index is 12.2. The Labute approximate surface area is 122 Å². The van der Waals surface area contributed by atoms with Crippen molar-refractivity contribution in [1.82, 2.24) is 19.9 Å². The van der Waals surface area contributed by atoms with Crippen LogP contribution in [0.1, 0.15) is 23.3 Å². The highest BCUT2D eigenvalue weighted by Gasteiger charge is 2.25. The number of likely N-dealkylation sites (tertiary alicyclic amines) is 1. The Hall–Kier alpha value is -2.50. The van der Waals surface area contributed by atoms with Crippen LogP contribution in [0, 0.1) is 0 Å². The molecular formula is C15H16N4O2. The average molecular weight is 284 g/mol. The molecule has 3 heterocycles. The zero-order chi connectivity index (χ0) is 14.5. The summed E-state index contributed by atoms with van der Waals surface area (Å²) in [5.74, 6) is 0.758. The van der Waals surface area contributed by atoms with Gasteiger partial charge in [-0.3, -0.25) is 14.8 Å². The number of nitrogens with zero attached hydrogens (tertiary/aromatic N) is 4. The third-order valence-corrected chi connectivity index (χ3v) is 3.46. The van der Waals surface area contributed by atoms with E-state index < -0.39 is 0 Å². The number of carbonyl (C=O) groups excluding carboxylic acids is 1. The van der Waals surface area contributed by atoms with E-state index in [1.165, 1.54) is 12.4 Å². The van der Waals surface area contributed by atoms with Crippen molar-refractivity contribution in [2.45, 2.75) is 18.9 Å². The van der Waals surface area contributed by atoms with Gasteiger partial charge in [-0.25, -0.2) is 4.98 Å². The summed E-state index contributed by atoms with van der Waals surface area (Å²) < 4.78 is 5.88. The molecule has 1 aliphatic rings. The van der Waals surface area contributed by atoms with Crippen LogP contribution in [0.5, 0.6) is 5.75 Å². The molecule has 2 aromatic heterocycles. The van der Waals surface area contributed by atoms with Crippen LogP contribution in [-0.2, 0) is 0 Å². The fourth-order valence-electron chi connectivity index (χ4n) is 2.36. The quantitative estimate of drug-likeness (QED) is 0.855. The lowest BCUT2D eigenvalue weighted by atomic mass is 10.1. The molecule has 0 saturated carbocycles. The van der Waals surface area contributed by atoms with E-state index in [4.69, 9.17) is 4.74 Å². The van der Waals surface area contributed by atoms with Crippen molar-refractivity contribution >= 4 is 5.91 Å². The van der Waals surface area contributed by atoms with Gasteiger partial charge in [-0.15, -0.1) is 0 Å². The molecule has 0 atom stereocenters. The van der Waals surface area contributed by atoms with Crippen molar-refractivity contribution in [3.8, 4) is 5.75 Å². The zero-order valence-electron chi connectivity index (χ0n) is 11.6. The van der Waals surface area contributed by atoms with Gasteiger partial charge in [0.15, 0.2) is 0 Å². The number of hydrogen-bond acceptors (Lipinski definition) is 5. The van der Waals surface area contributed by atoms with Gasteiger partial charge in [0.25, 0.3) is 5.91 Å². The van der Waals surface area contributed by atoms with Crippen LogP contribution < -0.4 is 4.74 Å². The molecule has 6 nitrogen and oxygen atoms in total. The number of aromatic nitrogens is 3. The zero-order valence-corrected chi connectivity index (χ0v) is 11.6. The van der Waals surface area contributed by atoms with Gasteiger partial charge in [0.05, 0.1) is 6.20 Å². The van der Waals surface area contributed by atoms with Gasteiger partial charge in [0.2, 0.25) is 0 Å². The summed E-state index contributed by atoms with van der Waals surface area (Å²) in [7, 11) is 0. The van der Waals surface area contributed by atoms with E-state index >= 15 is 0 Å². The van der Waals surface area contributed by atoms with Gasteiger partial charge in [-0.2, -0.15) is 0 Å². The molecule has 3 rings (SSSR count). The van der Waals surface area contributed by atoms with Gasteiger partial charge < -0.3 is 9.64 Å². The monoisotopic (exact) mass is 284 g/mol. The maximum Gasteiger partial charge on any atom is 0.274 e. The van der Waals surface area contributed by atoms with E-state index in [2.05, 4.69) is 15.0 Å². The van der Waals surface area contributed by atoms with E-state index in [9.17, 15) is 4.79 Å². The van der Waals surface area contributed by atoms with Crippen molar-refractivity contribution in [2.24, 2.45) is 0 Å². The fourth-order valence-corrected chi connectivity index (χ4v) is 2.36. The van der Waals surface area contributed by atoms with Crippen molar-refractivity contribution in [1.29, 1.82) is 0 Å². The Morgan fingerprint density at radius 1 is 1.10 bits per heavy atom. The van der Waals surface area contributed by atoms with E-state index in [0.29, 0.717) is 18.8 Å². The van der Waals surface area contributed by atoms with Gasteiger partial charge >= 0.3 is 0 Å². The van der Waals surface area contributed by atoms with Crippen LogP contribution in [0.15, 0.2) is 43.1 Å². The van der Waals surface area contributed by atoms with Crippen molar-refractivity contribution in [3.63, 3.8) is 0 Å². The second kappa shape index (κ2) is 6.30. The number of amides is 1. The van der Waals surface area contributed by atoms with Gasteiger partial charge in [0.1, 0.15) is 17.5 Å². The Morgan fingerprint density at radius 3 is 2.52 bits per heavy atom. The second-order valence-corrected chi connectivity index (χ2v) is 4.88. The predicted octanol–water partition coefficient (Wildman–Crippen LogP) is 1.56. The summed E-state index contributed by atoms with van der Waals surface area (Å²) in [5, 5.41) is 0. The lowest BCUT2D eigenvalue weighted by Crippen LogP contribution is -2.42. The van der Waals surface area contributed by atoms with Crippen LogP contribution in [0.4, 0.5) is 0 Å². The first kappa shape index (κ1) is 13.5. The molecule has 0 bridgehead atoms. The van der Waals surface area contributed by atoms with Gasteiger partial charge in [-0.1, -0.05) is 0 Å². The second-order valence-electron chi connectivity index (χ2n) is 4.88. The molecule has 0 unspecified atom stereocenters. The van der Waals surface area contributed by atoms with E-state index in [0.717, 1.165) is 18.6 Å². The third kappa shape index (κ3) is 3.34. The largest absolute Gasteiger partial charge is 0.490 e. The van der Waals surface area contributed by atoms with E-state index in [1.807, 2.05) is 12.1 Å². The predicted molar refractivity (Wildman–Crippen MR) is 75.8 cm³/mol. The Kier molecular flexibility index (Phi) is 4.04. The van der Waals surface area contributed by atoms with Crippen LogP contribution in [0.25, 0.3) is 0 Å². The number of pyridine rings is 1. The minimum absolute atomic E-state index is 0.0644. The first-order valence-electron chi connectivity index (χ1n) is 6.95. The summed E-state index contributed by atoms with van der Waals surface area (Å²) in [6.45, 7) is 1.34. The van der Waals surface area contributed by atoms with Crippen LogP contribution >= 0.6 is 0 Å². The Balaban J connectivity index is 1.54. The van der Waals surface area contributed by atoms with Crippen LogP contribution in [0.3, 0.4) is 0 Å². The molecule has 21 heavy (non-hydrogen) atoms. The summed E-state index contributed by atoms with van der Waals surface area (Å²) in [6, 6.07) is 3.69. The average Bonchev–Trinajstić information content (AvgIpc) is 2.57. The minimum Gasteiger partial charge on any atom is -0.490 e. The molecule has 1 aliphatic heterocycles. The highest BCUT2D eigenvalue weighted by Crippen LogP contribution is 2.19. The topological polar surface area (TPSA) is 68.2 Å². The van der Waals surface area contributed by atoms with Crippen LogP contribution in [-0.4, -0.2) is 45.0 Å². The first-order valence-corrected chi connectivity index (χ1v) is 6.95. The Bertz CT molecular complexity index is 583. The number of carbonyl (C=O) groups is 1. The van der Waals surface area contributed by atoms with E-state index in [1.54, 1.807) is 23.5 Å². The minimum atomic E-state index is -0.0644. The molecule has 1 fully saturated rings. The smallest absolute Gasteiger partial charge is 0.274 e. The van der Waals surface area contributed by atoms with Gasteiger partial charge in [-0.05, 0) is 12.1 Å². The molecule has 0 radical (unpaired) electrons. The molecule has 6 heteroatoms. The standard InChI is InChI=1S/C15H16N4O2/c20-15(14-11-17-7-8-18-14)19-9-3-13(4-10-19)21-12-1-5-16-6-2-12/h1-2,5-8,11,13H,3-4,9-10H2. The molecule has 1 amide bonds. The highest BCUT2D eigenvalue weighted by molar-refractivity contribution is 5.92. The van der Waals surface area contributed by atoms with Gasteiger partial charge in [0, 0.05) is 50.7 Å². The molecule has 108 valence electrons. The molecular weight excluding hydrogens is 268 g/mol. The molecule has 1 saturated heterocycles. The van der Waals surface area contributed by atoms with E-state index in [-0.39, 0.29) is 12.0 Å². The van der Waals surface area contributed by atoms with Crippen LogP contribution in [0.2, 0.25) is 0 Å². The molecule has 2 aromatic rings. The van der Waals surface area contributed by atoms with Crippen molar-refractivity contribution in [2.75, 3.05) is 13.1 Å². The molecule has 0 N–H and O–H groups in total. The normalized spacial score (nSPS) is 15.7. The SMILES string of the molecule is O=C(c1cnccn1)N1CCC(Oc2ccncc2)CC1. The number of rotatable bonds is 3. The number of piperidine rings is 1. The third-order valence-electron chi connectivity index (χ3n) is 3.46. The van der Waals surface area contributed by atoms with Crippen molar-refractivity contribution in [3.05, 3.63) is 48.8 Å². The van der Waals surface area contributed by atoms with Crippen molar-refractivity contribution < 1.29 is 9.53 Å². The number of ether oxygens (including phenoxy) is 1. The molecule has 0 spiro atoms. The first-order chi connectivity index (χ1) is 10.3. The Morgan fingerprint density at radius 2 is 1.86 bits per heavy atom. The summed E-state index contributed by atoms with van der Waals surface area (Å²) in [5.41, 5.74) is 0.394. The highest BCUT2D eigenvalue weighted by atomic mass is 16.5. The summed E-state index contributed by atoms with van der Waals surface area (Å²) in [6.07, 6.45) is 9.78.